The van der Waals surface area contributed by atoms with Crippen molar-refractivity contribution in [2.45, 2.75) is 6.42 Å². The highest BCUT2D eigenvalue weighted by molar-refractivity contribution is 5.47. The highest BCUT2D eigenvalue weighted by Gasteiger charge is 2.18. The van der Waals surface area contributed by atoms with Crippen molar-refractivity contribution in [2.75, 3.05) is 44.2 Å². The Morgan fingerprint density at radius 3 is 2.63 bits per heavy atom. The summed E-state index contributed by atoms with van der Waals surface area (Å²) in [5.74, 6) is -0.153. The van der Waals surface area contributed by atoms with Gasteiger partial charge in [-0.2, -0.15) is 0 Å². The van der Waals surface area contributed by atoms with Gasteiger partial charge in [-0.1, -0.05) is 17.2 Å². The van der Waals surface area contributed by atoms with Crippen LogP contribution in [0.15, 0.2) is 29.4 Å². The third-order valence-corrected chi connectivity index (χ3v) is 3.36. The minimum Gasteiger partial charge on any atom is -0.367 e. The molecule has 1 aliphatic heterocycles. The summed E-state index contributed by atoms with van der Waals surface area (Å²) in [5, 5.41) is 3.52. The van der Waals surface area contributed by atoms with Crippen LogP contribution in [0.25, 0.3) is 10.4 Å². The second-order valence-corrected chi connectivity index (χ2v) is 4.59. The zero-order valence-electron chi connectivity index (χ0n) is 10.9. The minimum atomic E-state index is -0.153. The topological polar surface area (TPSA) is 55.2 Å². The smallest absolute Gasteiger partial charge is 0.146 e. The van der Waals surface area contributed by atoms with Crippen LogP contribution >= 0.6 is 0 Å². The highest BCUT2D eigenvalue weighted by atomic mass is 19.1. The molecule has 0 atom stereocenters. The quantitative estimate of drug-likeness (QED) is 0.355. The number of nitrogens with zero attached hydrogens (tertiary/aromatic N) is 5. The third-order valence-electron chi connectivity index (χ3n) is 3.36. The van der Waals surface area contributed by atoms with Crippen molar-refractivity contribution in [3.63, 3.8) is 0 Å². The summed E-state index contributed by atoms with van der Waals surface area (Å²) < 4.78 is 13.7. The van der Waals surface area contributed by atoms with Crippen molar-refractivity contribution in [1.29, 1.82) is 0 Å². The molecule has 0 aliphatic carbocycles. The number of para-hydroxylation sites is 1. The van der Waals surface area contributed by atoms with Gasteiger partial charge in [0.25, 0.3) is 0 Å². The van der Waals surface area contributed by atoms with Crippen LogP contribution in [0.1, 0.15) is 6.42 Å². The first-order chi connectivity index (χ1) is 9.31. The minimum absolute atomic E-state index is 0.153. The fourth-order valence-electron chi connectivity index (χ4n) is 2.33. The lowest BCUT2D eigenvalue weighted by Crippen LogP contribution is -2.47. The van der Waals surface area contributed by atoms with Gasteiger partial charge >= 0.3 is 0 Å². The number of azide groups is 1. The predicted molar refractivity (Wildman–Crippen MR) is 73.7 cm³/mol. The molecule has 6 heteroatoms. The van der Waals surface area contributed by atoms with Crippen molar-refractivity contribution >= 4 is 5.69 Å². The van der Waals surface area contributed by atoms with E-state index in [1.54, 1.807) is 6.07 Å². The summed E-state index contributed by atoms with van der Waals surface area (Å²) in [4.78, 5) is 7.14. The molecule has 1 fully saturated rings. The molecule has 0 bridgehead atoms. The SMILES string of the molecule is [N-]=[N+]=NCCCN1CCN(c2ccccc2F)CC1. The van der Waals surface area contributed by atoms with Gasteiger partial charge in [-0.15, -0.1) is 0 Å². The molecule has 1 aromatic rings. The van der Waals surface area contributed by atoms with E-state index < -0.39 is 0 Å². The molecule has 0 unspecified atom stereocenters. The molecule has 19 heavy (non-hydrogen) atoms. The standard InChI is InChI=1S/C13H18FN5/c14-12-4-1-2-5-13(12)19-10-8-18(9-11-19)7-3-6-16-17-15/h1-2,4-5H,3,6-11H2. The van der Waals surface area contributed by atoms with Crippen LogP contribution in [-0.4, -0.2) is 44.2 Å². The number of hydrogen-bond donors (Lipinski definition) is 0. The van der Waals surface area contributed by atoms with Crippen LogP contribution in [0.2, 0.25) is 0 Å². The van der Waals surface area contributed by atoms with Crippen LogP contribution in [0.4, 0.5) is 10.1 Å². The highest BCUT2D eigenvalue weighted by Crippen LogP contribution is 2.20. The fraction of sp³-hybridized carbons (Fsp3) is 0.538. The molecule has 0 amide bonds. The van der Waals surface area contributed by atoms with Crippen LogP contribution in [0, 0.1) is 5.82 Å². The second kappa shape index (κ2) is 6.97. The van der Waals surface area contributed by atoms with Gasteiger partial charge in [0.15, 0.2) is 0 Å². The van der Waals surface area contributed by atoms with Crippen molar-refractivity contribution in [1.82, 2.24) is 4.90 Å². The van der Waals surface area contributed by atoms with Crippen LogP contribution in [0.5, 0.6) is 0 Å². The third kappa shape index (κ3) is 3.84. The van der Waals surface area contributed by atoms with Gasteiger partial charge in [-0.05, 0) is 30.6 Å². The molecular formula is C13H18FN5. The number of benzene rings is 1. The summed E-state index contributed by atoms with van der Waals surface area (Å²) in [7, 11) is 0. The summed E-state index contributed by atoms with van der Waals surface area (Å²) in [6.45, 7) is 4.99. The van der Waals surface area contributed by atoms with Gasteiger partial charge in [0, 0.05) is 37.6 Å². The van der Waals surface area contributed by atoms with Crippen molar-refractivity contribution in [3.8, 4) is 0 Å². The Bertz CT molecular complexity index is 450. The molecule has 0 aromatic heterocycles. The van der Waals surface area contributed by atoms with Crippen molar-refractivity contribution < 1.29 is 4.39 Å². The van der Waals surface area contributed by atoms with Gasteiger partial charge in [0.1, 0.15) is 5.82 Å². The molecule has 1 aromatic carbocycles. The monoisotopic (exact) mass is 263 g/mol. The Labute approximate surface area is 112 Å². The summed E-state index contributed by atoms with van der Waals surface area (Å²) >= 11 is 0. The zero-order chi connectivity index (χ0) is 13.5. The molecule has 1 heterocycles. The van der Waals surface area contributed by atoms with E-state index in [0.29, 0.717) is 12.2 Å². The summed E-state index contributed by atoms with van der Waals surface area (Å²) in [6, 6.07) is 6.91. The molecule has 0 radical (unpaired) electrons. The molecule has 5 nitrogen and oxygen atoms in total. The molecule has 0 N–H and O–H groups in total. The Morgan fingerprint density at radius 1 is 1.21 bits per heavy atom. The molecule has 1 saturated heterocycles. The summed E-state index contributed by atoms with van der Waals surface area (Å²) in [6.07, 6.45) is 0.879. The Kier molecular flexibility index (Phi) is 5.01. The average Bonchev–Trinajstić information content (AvgIpc) is 2.45. The van der Waals surface area contributed by atoms with Gasteiger partial charge in [-0.3, -0.25) is 4.90 Å². The Morgan fingerprint density at radius 2 is 1.95 bits per heavy atom. The number of hydrogen-bond acceptors (Lipinski definition) is 3. The maximum Gasteiger partial charge on any atom is 0.146 e. The first kappa shape index (κ1) is 13.6. The molecular weight excluding hydrogens is 245 g/mol. The summed E-state index contributed by atoms with van der Waals surface area (Å²) in [5.41, 5.74) is 8.88. The van der Waals surface area contributed by atoms with E-state index in [4.69, 9.17) is 5.53 Å². The van der Waals surface area contributed by atoms with Crippen molar-refractivity contribution in [2.24, 2.45) is 5.11 Å². The number of anilines is 1. The molecule has 1 aliphatic rings. The van der Waals surface area contributed by atoms with E-state index in [0.717, 1.165) is 39.1 Å². The lowest BCUT2D eigenvalue weighted by molar-refractivity contribution is 0.256. The predicted octanol–water partition coefficient (Wildman–Crippen LogP) is 2.65. The zero-order valence-corrected chi connectivity index (χ0v) is 10.9. The Balaban J connectivity index is 1.79. The van der Waals surface area contributed by atoms with Gasteiger partial charge in [-0.25, -0.2) is 4.39 Å². The first-order valence-electron chi connectivity index (χ1n) is 6.54. The van der Waals surface area contributed by atoms with E-state index in [-0.39, 0.29) is 5.82 Å². The van der Waals surface area contributed by atoms with Crippen molar-refractivity contribution in [3.05, 3.63) is 40.5 Å². The average molecular weight is 263 g/mol. The van der Waals surface area contributed by atoms with Gasteiger partial charge < -0.3 is 4.90 Å². The van der Waals surface area contributed by atoms with E-state index in [9.17, 15) is 4.39 Å². The van der Waals surface area contributed by atoms with Crippen LogP contribution in [0.3, 0.4) is 0 Å². The van der Waals surface area contributed by atoms with Gasteiger partial charge in [0.05, 0.1) is 5.69 Å². The maximum atomic E-state index is 13.7. The van der Waals surface area contributed by atoms with E-state index >= 15 is 0 Å². The lowest BCUT2D eigenvalue weighted by Gasteiger charge is -2.36. The maximum absolute atomic E-state index is 13.7. The first-order valence-corrected chi connectivity index (χ1v) is 6.54. The van der Waals surface area contributed by atoms with E-state index in [1.165, 1.54) is 6.07 Å². The molecule has 0 spiro atoms. The van der Waals surface area contributed by atoms with Crippen LogP contribution in [-0.2, 0) is 0 Å². The van der Waals surface area contributed by atoms with E-state index in [1.807, 2.05) is 12.1 Å². The molecule has 2 rings (SSSR count). The normalized spacial score (nSPS) is 16.2. The number of halogens is 1. The second-order valence-electron chi connectivity index (χ2n) is 4.59. The lowest BCUT2D eigenvalue weighted by atomic mass is 10.2. The molecule has 0 saturated carbocycles. The van der Waals surface area contributed by atoms with Gasteiger partial charge in [0.2, 0.25) is 0 Å². The molecule has 102 valence electrons. The van der Waals surface area contributed by atoms with Crippen LogP contribution < -0.4 is 4.90 Å². The number of piperazine rings is 1. The fourth-order valence-corrected chi connectivity index (χ4v) is 2.33. The number of rotatable bonds is 5. The van der Waals surface area contributed by atoms with E-state index in [2.05, 4.69) is 19.8 Å². The Hall–Kier alpha value is -1.78. The largest absolute Gasteiger partial charge is 0.367 e.